The molecule has 0 radical (unpaired) electrons. The fourth-order valence-electron chi connectivity index (χ4n) is 3.49. The topological polar surface area (TPSA) is 64.1 Å². The number of ether oxygens (including phenoxy) is 3. The van der Waals surface area contributed by atoms with E-state index in [9.17, 15) is 0 Å². The maximum atomic E-state index is 5.55. The van der Waals surface area contributed by atoms with Gasteiger partial charge in [0.15, 0.2) is 17.5 Å². The van der Waals surface area contributed by atoms with Crippen LogP contribution in [0.3, 0.4) is 0 Å². The van der Waals surface area contributed by atoms with Gasteiger partial charge in [-0.05, 0) is 36.6 Å². The largest absolute Gasteiger partial charge is 0.496 e. The van der Waals surface area contributed by atoms with Crippen LogP contribution in [0.25, 0.3) is 0 Å². The van der Waals surface area contributed by atoms with Crippen LogP contribution in [0, 0.1) is 0 Å². The lowest BCUT2D eigenvalue weighted by Crippen LogP contribution is -2.41. The number of nitrogens with one attached hydrogen (secondary N) is 2. The first-order valence-corrected chi connectivity index (χ1v) is 9.21. The third-order valence-electron chi connectivity index (χ3n) is 5.25. The second-order valence-corrected chi connectivity index (χ2v) is 6.95. The molecule has 1 heterocycles. The van der Waals surface area contributed by atoms with Crippen molar-refractivity contribution in [1.29, 1.82) is 0 Å². The summed E-state index contributed by atoms with van der Waals surface area (Å²) in [7, 11) is 3.52. The summed E-state index contributed by atoms with van der Waals surface area (Å²) >= 11 is 0. The molecular formula is C21H26IN3O3. The van der Waals surface area contributed by atoms with Crippen LogP contribution in [-0.2, 0) is 12.0 Å². The Bertz CT molecular complexity index is 853. The van der Waals surface area contributed by atoms with Crippen LogP contribution < -0.4 is 24.8 Å². The maximum absolute atomic E-state index is 5.55. The molecule has 150 valence electrons. The summed E-state index contributed by atoms with van der Waals surface area (Å²) in [6.07, 6.45) is 2.30. The van der Waals surface area contributed by atoms with Gasteiger partial charge in [-0.1, -0.05) is 24.3 Å². The Morgan fingerprint density at radius 3 is 2.64 bits per heavy atom. The molecule has 1 fully saturated rings. The van der Waals surface area contributed by atoms with Gasteiger partial charge in [0.1, 0.15) is 5.75 Å². The zero-order valence-corrected chi connectivity index (χ0v) is 18.5. The third kappa shape index (κ3) is 4.29. The van der Waals surface area contributed by atoms with E-state index in [4.69, 9.17) is 14.2 Å². The van der Waals surface area contributed by atoms with Crippen molar-refractivity contribution in [2.24, 2.45) is 4.99 Å². The molecule has 2 aliphatic rings. The van der Waals surface area contributed by atoms with E-state index < -0.39 is 0 Å². The Labute approximate surface area is 182 Å². The quantitative estimate of drug-likeness (QED) is 0.366. The van der Waals surface area contributed by atoms with Crippen molar-refractivity contribution in [2.45, 2.75) is 24.8 Å². The van der Waals surface area contributed by atoms with Crippen molar-refractivity contribution in [3.8, 4) is 17.2 Å². The van der Waals surface area contributed by atoms with E-state index in [1.807, 2.05) is 30.3 Å². The summed E-state index contributed by atoms with van der Waals surface area (Å²) in [5, 5.41) is 6.84. The van der Waals surface area contributed by atoms with Crippen molar-refractivity contribution in [3.05, 3.63) is 53.6 Å². The molecular weight excluding hydrogens is 469 g/mol. The van der Waals surface area contributed by atoms with Crippen LogP contribution in [0.15, 0.2) is 47.5 Å². The lowest BCUT2D eigenvalue weighted by molar-refractivity contribution is 0.174. The van der Waals surface area contributed by atoms with Gasteiger partial charge in [-0.15, -0.1) is 24.0 Å². The molecule has 0 unspecified atom stereocenters. The molecule has 1 aliphatic heterocycles. The van der Waals surface area contributed by atoms with E-state index in [1.165, 1.54) is 5.56 Å². The van der Waals surface area contributed by atoms with Gasteiger partial charge in [0.2, 0.25) is 6.79 Å². The molecule has 7 heteroatoms. The van der Waals surface area contributed by atoms with Crippen molar-refractivity contribution < 1.29 is 14.2 Å². The van der Waals surface area contributed by atoms with Gasteiger partial charge in [-0.3, -0.25) is 4.99 Å². The number of hydrogen-bond acceptors (Lipinski definition) is 4. The molecule has 1 aliphatic carbocycles. The van der Waals surface area contributed by atoms with E-state index >= 15 is 0 Å². The van der Waals surface area contributed by atoms with Gasteiger partial charge in [0.25, 0.3) is 0 Å². The summed E-state index contributed by atoms with van der Waals surface area (Å²) in [5.41, 5.74) is 2.52. The van der Waals surface area contributed by atoms with E-state index in [2.05, 4.69) is 27.8 Å². The molecule has 0 saturated heterocycles. The number of guanidine groups is 1. The molecule has 2 aromatic carbocycles. The fourth-order valence-corrected chi connectivity index (χ4v) is 3.49. The Hall–Kier alpha value is -2.16. The summed E-state index contributed by atoms with van der Waals surface area (Å²) in [4.78, 5) is 4.35. The number of fused-ring (bicyclic) bond motifs is 1. The molecule has 2 aromatic rings. The summed E-state index contributed by atoms with van der Waals surface area (Å²) in [6.45, 7) is 1.78. The van der Waals surface area contributed by atoms with Crippen LogP contribution in [0.4, 0.5) is 0 Å². The average molecular weight is 495 g/mol. The number of hydrogen-bond donors (Lipinski definition) is 2. The molecule has 1 saturated carbocycles. The first kappa shape index (κ1) is 20.6. The van der Waals surface area contributed by atoms with Gasteiger partial charge in [0, 0.05) is 31.1 Å². The van der Waals surface area contributed by atoms with Gasteiger partial charge in [-0.2, -0.15) is 0 Å². The van der Waals surface area contributed by atoms with Gasteiger partial charge in [0.05, 0.1) is 7.11 Å². The molecule has 28 heavy (non-hydrogen) atoms. The Kier molecular flexibility index (Phi) is 6.53. The summed E-state index contributed by atoms with van der Waals surface area (Å²) < 4.78 is 16.3. The van der Waals surface area contributed by atoms with Gasteiger partial charge < -0.3 is 24.8 Å². The van der Waals surface area contributed by atoms with Crippen molar-refractivity contribution in [2.75, 3.05) is 27.5 Å². The minimum atomic E-state index is 0. The number of halogens is 1. The summed E-state index contributed by atoms with van der Waals surface area (Å²) in [5.74, 6) is 3.34. The van der Waals surface area contributed by atoms with E-state index in [0.717, 1.165) is 48.2 Å². The van der Waals surface area contributed by atoms with Crippen LogP contribution in [0.5, 0.6) is 17.2 Å². The zero-order valence-electron chi connectivity index (χ0n) is 16.2. The normalized spacial score (nSPS) is 16.1. The van der Waals surface area contributed by atoms with Gasteiger partial charge >= 0.3 is 0 Å². The van der Waals surface area contributed by atoms with E-state index in [0.29, 0.717) is 13.3 Å². The number of para-hydroxylation sites is 1. The van der Waals surface area contributed by atoms with Gasteiger partial charge in [-0.25, -0.2) is 0 Å². The van der Waals surface area contributed by atoms with Crippen molar-refractivity contribution in [3.63, 3.8) is 0 Å². The van der Waals surface area contributed by atoms with Crippen LogP contribution in [0.1, 0.15) is 24.0 Å². The van der Waals surface area contributed by atoms with Crippen LogP contribution >= 0.6 is 24.0 Å². The van der Waals surface area contributed by atoms with Crippen LogP contribution in [0.2, 0.25) is 0 Å². The molecule has 0 spiro atoms. The van der Waals surface area contributed by atoms with Crippen molar-refractivity contribution >= 4 is 29.9 Å². The molecule has 0 bridgehead atoms. The van der Waals surface area contributed by atoms with Crippen LogP contribution in [-0.4, -0.2) is 33.5 Å². The SMILES string of the molecule is CN=C(NCc1ccc2c(c1)OCO2)NCC1(c2ccccc2OC)CC1.I. The lowest BCUT2D eigenvalue weighted by atomic mass is 9.95. The standard InChI is InChI=1S/C21H25N3O3.HI/c1-22-20(23-12-15-7-8-18-19(11-15)27-14-26-18)24-13-21(9-10-21)16-5-3-4-6-17(16)25-2;/h3-8,11H,9-10,12-14H2,1-2H3,(H2,22,23,24);1H. The molecule has 2 N–H and O–H groups in total. The highest BCUT2D eigenvalue weighted by Gasteiger charge is 2.46. The Morgan fingerprint density at radius 2 is 1.89 bits per heavy atom. The number of benzene rings is 2. The smallest absolute Gasteiger partial charge is 0.231 e. The molecule has 0 amide bonds. The number of methoxy groups -OCH3 is 1. The Balaban J connectivity index is 0.00000225. The highest BCUT2D eigenvalue weighted by molar-refractivity contribution is 14.0. The minimum absolute atomic E-state index is 0. The van der Waals surface area contributed by atoms with E-state index in [-0.39, 0.29) is 29.4 Å². The van der Waals surface area contributed by atoms with E-state index in [1.54, 1.807) is 14.2 Å². The monoisotopic (exact) mass is 495 g/mol. The number of nitrogens with zero attached hydrogens (tertiary/aromatic N) is 1. The third-order valence-corrected chi connectivity index (χ3v) is 5.25. The lowest BCUT2D eigenvalue weighted by Gasteiger charge is -2.21. The predicted octanol–water partition coefficient (Wildman–Crippen LogP) is 3.44. The maximum Gasteiger partial charge on any atom is 0.231 e. The second-order valence-electron chi connectivity index (χ2n) is 6.95. The first-order valence-electron chi connectivity index (χ1n) is 9.21. The predicted molar refractivity (Wildman–Crippen MR) is 120 cm³/mol. The number of rotatable bonds is 6. The highest BCUT2D eigenvalue weighted by Crippen LogP contribution is 2.50. The fraction of sp³-hybridized carbons (Fsp3) is 0.381. The second kappa shape index (κ2) is 8.89. The Morgan fingerprint density at radius 1 is 1.11 bits per heavy atom. The minimum Gasteiger partial charge on any atom is -0.496 e. The number of aliphatic imine (C=N–C) groups is 1. The highest BCUT2D eigenvalue weighted by atomic mass is 127. The van der Waals surface area contributed by atoms with Crippen molar-refractivity contribution in [1.82, 2.24) is 10.6 Å². The first-order chi connectivity index (χ1) is 13.2. The molecule has 0 aromatic heterocycles. The molecule has 6 nitrogen and oxygen atoms in total. The molecule has 4 rings (SSSR count). The average Bonchev–Trinajstić information content (AvgIpc) is 3.36. The molecule has 0 atom stereocenters. The summed E-state index contributed by atoms with van der Waals surface area (Å²) in [6, 6.07) is 14.3. The zero-order chi connectivity index (χ0) is 18.7.